The molecule has 2 aromatic rings. The average molecular weight is 159 g/mol. The second kappa shape index (κ2) is 2.67. The summed E-state index contributed by atoms with van der Waals surface area (Å²) in [6.45, 7) is 5.35. The van der Waals surface area contributed by atoms with E-state index in [1.54, 1.807) is 0 Å². The molecular weight excluding hydrogens is 146 g/mol. The van der Waals surface area contributed by atoms with E-state index in [-0.39, 0.29) is 0 Å². The Bertz CT molecular complexity index is 398. The van der Waals surface area contributed by atoms with Crippen LogP contribution in [0.4, 0.5) is 0 Å². The minimum atomic E-state index is 1.05. The zero-order valence-corrected chi connectivity index (χ0v) is 7.54. The summed E-state index contributed by atoms with van der Waals surface area (Å²) in [6.07, 6.45) is 2.14. The Kier molecular flexibility index (Phi) is 1.65. The van der Waals surface area contributed by atoms with E-state index >= 15 is 0 Å². The van der Waals surface area contributed by atoms with Gasteiger partial charge in [-0.25, -0.2) is 0 Å². The molecule has 0 atom stereocenters. The van der Waals surface area contributed by atoms with Crippen molar-refractivity contribution in [1.29, 1.82) is 0 Å². The van der Waals surface area contributed by atoms with E-state index in [1.165, 1.54) is 16.5 Å². The highest BCUT2D eigenvalue weighted by atomic mass is 14.9. The fourth-order valence-corrected chi connectivity index (χ4v) is 1.57. The summed E-state index contributed by atoms with van der Waals surface area (Å²) in [5.41, 5.74) is 2.67. The third kappa shape index (κ3) is 1.02. The van der Waals surface area contributed by atoms with Gasteiger partial charge >= 0.3 is 0 Å². The van der Waals surface area contributed by atoms with Gasteiger partial charge in [-0.3, -0.25) is 0 Å². The Hall–Kier alpha value is -1.24. The van der Waals surface area contributed by atoms with Crippen LogP contribution in [0.2, 0.25) is 0 Å². The molecule has 0 aliphatic heterocycles. The Morgan fingerprint density at radius 2 is 2.08 bits per heavy atom. The maximum atomic E-state index is 2.27. The maximum Gasteiger partial charge on any atom is 0.0482 e. The Balaban J connectivity index is 2.75. The summed E-state index contributed by atoms with van der Waals surface area (Å²) in [6, 6.07) is 8.73. The molecule has 0 saturated carbocycles. The number of fused-ring (bicyclic) bond motifs is 1. The average Bonchev–Trinajstić information content (AvgIpc) is 2.46. The molecule has 1 aromatic carbocycles. The smallest absolute Gasteiger partial charge is 0.0482 e. The van der Waals surface area contributed by atoms with Crippen LogP contribution in [0.1, 0.15) is 12.5 Å². The quantitative estimate of drug-likeness (QED) is 0.603. The van der Waals surface area contributed by atoms with Gasteiger partial charge in [-0.05, 0) is 36.9 Å². The predicted octanol–water partition coefficient (Wildman–Crippen LogP) is 2.97. The van der Waals surface area contributed by atoms with Crippen molar-refractivity contribution in [2.45, 2.75) is 20.4 Å². The molecule has 0 unspecified atom stereocenters. The second-order valence-electron chi connectivity index (χ2n) is 3.16. The van der Waals surface area contributed by atoms with Gasteiger partial charge in [0.05, 0.1) is 0 Å². The maximum absolute atomic E-state index is 2.27. The van der Waals surface area contributed by atoms with E-state index < -0.39 is 0 Å². The molecule has 0 bridgehead atoms. The van der Waals surface area contributed by atoms with E-state index in [2.05, 4.69) is 48.9 Å². The highest BCUT2D eigenvalue weighted by Crippen LogP contribution is 2.16. The lowest BCUT2D eigenvalue weighted by Gasteiger charge is -2.00. The normalized spacial score (nSPS) is 10.8. The van der Waals surface area contributed by atoms with Crippen molar-refractivity contribution in [3.05, 3.63) is 36.0 Å². The van der Waals surface area contributed by atoms with Gasteiger partial charge in [0.15, 0.2) is 0 Å². The summed E-state index contributed by atoms with van der Waals surface area (Å²) in [5, 5.41) is 1.34. The van der Waals surface area contributed by atoms with Gasteiger partial charge in [0, 0.05) is 18.3 Å². The number of aryl methyl sites for hydroxylation is 2. The van der Waals surface area contributed by atoms with Crippen LogP contribution in [0, 0.1) is 6.92 Å². The molecule has 12 heavy (non-hydrogen) atoms. The number of hydrogen-bond acceptors (Lipinski definition) is 0. The van der Waals surface area contributed by atoms with Crippen molar-refractivity contribution in [2.24, 2.45) is 0 Å². The molecule has 0 saturated heterocycles. The Morgan fingerprint density at radius 1 is 1.25 bits per heavy atom. The largest absolute Gasteiger partial charge is 0.348 e. The minimum absolute atomic E-state index is 1.05. The van der Waals surface area contributed by atoms with Gasteiger partial charge in [0.25, 0.3) is 0 Å². The molecule has 1 heteroatoms. The lowest BCUT2D eigenvalue weighted by molar-refractivity contribution is 0.797. The summed E-state index contributed by atoms with van der Waals surface area (Å²) >= 11 is 0. The number of aromatic nitrogens is 1. The monoisotopic (exact) mass is 159 g/mol. The lowest BCUT2D eigenvalue weighted by Crippen LogP contribution is -1.90. The second-order valence-corrected chi connectivity index (χ2v) is 3.16. The van der Waals surface area contributed by atoms with Gasteiger partial charge in [0.2, 0.25) is 0 Å². The fraction of sp³-hybridized carbons (Fsp3) is 0.273. The number of rotatable bonds is 1. The molecule has 0 N–H and O–H groups in total. The summed E-state index contributed by atoms with van der Waals surface area (Å²) < 4.78 is 2.27. The van der Waals surface area contributed by atoms with Gasteiger partial charge in [-0.2, -0.15) is 0 Å². The zero-order chi connectivity index (χ0) is 8.55. The molecule has 0 aliphatic rings. The molecule has 2 rings (SSSR count). The Morgan fingerprint density at radius 3 is 2.83 bits per heavy atom. The van der Waals surface area contributed by atoms with Crippen molar-refractivity contribution < 1.29 is 0 Å². The molecule has 1 aromatic heterocycles. The van der Waals surface area contributed by atoms with Gasteiger partial charge in [0.1, 0.15) is 0 Å². The van der Waals surface area contributed by atoms with Crippen LogP contribution in [-0.2, 0) is 6.54 Å². The van der Waals surface area contributed by atoms with Crippen molar-refractivity contribution in [3.63, 3.8) is 0 Å². The predicted molar refractivity (Wildman–Crippen MR) is 52.3 cm³/mol. The molecule has 1 heterocycles. The summed E-state index contributed by atoms with van der Waals surface area (Å²) in [5.74, 6) is 0. The highest BCUT2D eigenvalue weighted by molar-refractivity contribution is 5.80. The zero-order valence-electron chi connectivity index (χ0n) is 7.54. The van der Waals surface area contributed by atoms with E-state index in [0.717, 1.165) is 6.54 Å². The first-order chi connectivity index (χ1) is 5.81. The van der Waals surface area contributed by atoms with Crippen LogP contribution in [0.25, 0.3) is 10.9 Å². The van der Waals surface area contributed by atoms with Crippen LogP contribution in [0.15, 0.2) is 30.5 Å². The number of nitrogens with zero attached hydrogens (tertiary/aromatic N) is 1. The van der Waals surface area contributed by atoms with Crippen LogP contribution in [0.3, 0.4) is 0 Å². The number of hydrogen-bond donors (Lipinski definition) is 0. The molecule has 0 amide bonds. The summed E-state index contributed by atoms with van der Waals surface area (Å²) in [7, 11) is 0. The van der Waals surface area contributed by atoms with Crippen molar-refractivity contribution in [1.82, 2.24) is 4.57 Å². The fourth-order valence-electron chi connectivity index (χ4n) is 1.57. The van der Waals surface area contributed by atoms with Crippen LogP contribution < -0.4 is 0 Å². The molecule has 0 fully saturated rings. The van der Waals surface area contributed by atoms with Crippen molar-refractivity contribution >= 4 is 10.9 Å². The van der Waals surface area contributed by atoms with Crippen molar-refractivity contribution in [2.75, 3.05) is 0 Å². The van der Waals surface area contributed by atoms with E-state index in [4.69, 9.17) is 0 Å². The molecule has 0 aliphatic carbocycles. The van der Waals surface area contributed by atoms with Gasteiger partial charge in [-0.15, -0.1) is 0 Å². The van der Waals surface area contributed by atoms with Crippen LogP contribution in [-0.4, -0.2) is 4.57 Å². The van der Waals surface area contributed by atoms with Crippen LogP contribution >= 0.6 is 0 Å². The topological polar surface area (TPSA) is 4.93 Å². The minimum Gasteiger partial charge on any atom is -0.348 e. The first-order valence-electron chi connectivity index (χ1n) is 4.37. The molecular formula is C11H13N. The molecule has 1 nitrogen and oxygen atoms in total. The standard InChI is InChI=1S/C11H13N/c1-3-12-7-6-10-5-4-9(2)8-11(10)12/h4-8H,3H2,1-2H3. The first-order valence-corrected chi connectivity index (χ1v) is 4.37. The first kappa shape index (κ1) is 7.41. The Labute approximate surface area is 72.6 Å². The number of benzene rings is 1. The third-order valence-corrected chi connectivity index (χ3v) is 2.27. The van der Waals surface area contributed by atoms with Crippen LogP contribution in [0.5, 0.6) is 0 Å². The van der Waals surface area contributed by atoms with Gasteiger partial charge in [-0.1, -0.05) is 12.1 Å². The van der Waals surface area contributed by atoms with E-state index in [9.17, 15) is 0 Å². The van der Waals surface area contributed by atoms with Crippen molar-refractivity contribution in [3.8, 4) is 0 Å². The van der Waals surface area contributed by atoms with E-state index in [1.807, 2.05) is 0 Å². The van der Waals surface area contributed by atoms with E-state index in [0.29, 0.717) is 0 Å². The highest BCUT2D eigenvalue weighted by Gasteiger charge is 1.97. The van der Waals surface area contributed by atoms with Gasteiger partial charge < -0.3 is 4.57 Å². The SMILES string of the molecule is CCn1ccc2ccc(C)cc21. The molecule has 62 valence electrons. The lowest BCUT2D eigenvalue weighted by atomic mass is 10.2. The third-order valence-electron chi connectivity index (χ3n) is 2.27. The summed E-state index contributed by atoms with van der Waals surface area (Å²) in [4.78, 5) is 0. The molecule has 0 spiro atoms. The molecule has 0 radical (unpaired) electrons.